The summed E-state index contributed by atoms with van der Waals surface area (Å²) < 4.78 is 57.4. The number of nitrogens with zero attached hydrogens (tertiary/aromatic N) is 1. The van der Waals surface area contributed by atoms with Gasteiger partial charge < -0.3 is 25.2 Å². The van der Waals surface area contributed by atoms with Crippen LogP contribution in [0.4, 0.5) is 22.4 Å². The summed E-state index contributed by atoms with van der Waals surface area (Å²) in [7, 11) is 0. The van der Waals surface area contributed by atoms with Crippen molar-refractivity contribution >= 4 is 23.4 Å². The second kappa shape index (κ2) is 16.8. The Morgan fingerprint density at radius 2 is 1.80 bits per heavy atom. The van der Waals surface area contributed by atoms with Crippen LogP contribution in [0.2, 0.25) is 5.02 Å². The third kappa shape index (κ3) is 9.83. The number of fused-ring (bicyclic) bond motifs is 8. The minimum Gasteiger partial charge on any atom is -0.406 e. The van der Waals surface area contributed by atoms with Gasteiger partial charge in [-0.15, -0.1) is 13.2 Å². The standard InChI is InChI=1S/C42H49ClF4N2O5/c1-26(2)48-39(52)49(24-28-11-15-31(16-12-28)54-42(45,46)47)25-41(53)20-18-35-32-17-13-29(21-30(50)14-10-27(3)7-6-19-40(35,41)4)22-33(32)38(51)23-34-36(43)8-5-9-37(34)44/h5,7-9,11-13,15-17,22,26,30,35,50,53H,6,10,14,18-21,23-25H2,1-4H3,(H,48,52). The molecule has 0 spiro atoms. The number of aliphatic hydroxyl groups excluding tert-OH is 1. The molecule has 4 atom stereocenters. The molecule has 3 N–H and O–H groups in total. The Morgan fingerprint density at radius 1 is 1.07 bits per heavy atom. The molecule has 0 aromatic heterocycles. The third-order valence-electron chi connectivity index (χ3n) is 11.1. The molecule has 1 fully saturated rings. The van der Waals surface area contributed by atoms with Gasteiger partial charge in [-0.05, 0) is 119 Å². The van der Waals surface area contributed by atoms with Crippen LogP contribution >= 0.6 is 11.6 Å². The number of ketones is 1. The zero-order chi connectivity index (χ0) is 39.4. The summed E-state index contributed by atoms with van der Waals surface area (Å²) in [6, 6.07) is 14.4. The van der Waals surface area contributed by atoms with Crippen molar-refractivity contribution in [1.29, 1.82) is 0 Å². The maximum atomic E-state index is 14.9. The minimum atomic E-state index is -4.85. The van der Waals surface area contributed by atoms with Gasteiger partial charge >= 0.3 is 12.4 Å². The highest BCUT2D eigenvalue weighted by molar-refractivity contribution is 6.31. The first-order valence-electron chi connectivity index (χ1n) is 18.4. The molecule has 54 heavy (non-hydrogen) atoms. The van der Waals surface area contributed by atoms with Gasteiger partial charge in [0.25, 0.3) is 0 Å². The van der Waals surface area contributed by atoms with E-state index < -0.39 is 35.3 Å². The van der Waals surface area contributed by atoms with E-state index in [4.69, 9.17) is 11.6 Å². The molecule has 4 unspecified atom stereocenters. The minimum absolute atomic E-state index is 0.00290. The Bertz CT molecular complexity index is 1830. The Labute approximate surface area is 319 Å². The van der Waals surface area contributed by atoms with Crippen LogP contribution in [0.1, 0.15) is 105 Å². The molecular formula is C42H49ClF4N2O5. The maximum absolute atomic E-state index is 14.9. The van der Waals surface area contributed by atoms with Crippen LogP contribution < -0.4 is 10.1 Å². The van der Waals surface area contributed by atoms with E-state index >= 15 is 0 Å². The van der Waals surface area contributed by atoms with Crippen LogP contribution in [0.25, 0.3) is 0 Å². The predicted octanol–water partition coefficient (Wildman–Crippen LogP) is 9.46. The molecule has 1 saturated carbocycles. The fourth-order valence-corrected chi connectivity index (χ4v) is 8.30. The highest BCUT2D eigenvalue weighted by Crippen LogP contribution is 2.59. The van der Waals surface area contributed by atoms with Crippen molar-refractivity contribution in [2.75, 3.05) is 6.54 Å². The summed E-state index contributed by atoms with van der Waals surface area (Å²) in [4.78, 5) is 29.4. The number of nitrogens with one attached hydrogen (secondary N) is 1. The van der Waals surface area contributed by atoms with Crippen molar-refractivity contribution in [3.05, 3.63) is 111 Å². The molecule has 2 amide bonds. The summed E-state index contributed by atoms with van der Waals surface area (Å²) >= 11 is 6.35. The van der Waals surface area contributed by atoms with Crippen molar-refractivity contribution in [1.82, 2.24) is 10.2 Å². The molecule has 0 saturated heterocycles. The van der Waals surface area contributed by atoms with Crippen molar-refractivity contribution < 1.29 is 42.1 Å². The number of aliphatic hydroxyl groups is 2. The Balaban J connectivity index is 1.55. The van der Waals surface area contributed by atoms with Crippen molar-refractivity contribution in [3.63, 3.8) is 0 Å². The van der Waals surface area contributed by atoms with E-state index in [1.165, 1.54) is 47.4 Å². The summed E-state index contributed by atoms with van der Waals surface area (Å²) in [6.45, 7) is 7.52. The second-order valence-electron chi connectivity index (χ2n) is 15.4. The van der Waals surface area contributed by atoms with Gasteiger partial charge in [-0.3, -0.25) is 4.79 Å². The lowest BCUT2D eigenvalue weighted by Gasteiger charge is -2.46. The first-order valence-corrected chi connectivity index (χ1v) is 18.8. The number of ether oxygens (including phenoxy) is 1. The predicted molar refractivity (Wildman–Crippen MR) is 200 cm³/mol. The van der Waals surface area contributed by atoms with Gasteiger partial charge in [-0.1, -0.05) is 60.5 Å². The maximum Gasteiger partial charge on any atom is 0.573 e. The summed E-state index contributed by atoms with van der Waals surface area (Å²) in [5.41, 5.74) is 1.20. The summed E-state index contributed by atoms with van der Waals surface area (Å²) in [5, 5.41) is 26.8. The fourth-order valence-electron chi connectivity index (χ4n) is 8.07. The Hall–Kier alpha value is -3.93. The molecule has 3 aromatic carbocycles. The van der Waals surface area contributed by atoms with Gasteiger partial charge in [0.1, 0.15) is 11.6 Å². The molecule has 0 heterocycles. The van der Waals surface area contributed by atoms with Crippen LogP contribution in [-0.2, 0) is 19.4 Å². The number of hydrogen-bond donors (Lipinski definition) is 3. The molecule has 3 aromatic rings. The zero-order valence-corrected chi connectivity index (χ0v) is 31.9. The molecule has 3 aliphatic carbocycles. The third-order valence-corrected chi connectivity index (χ3v) is 11.4. The number of halogens is 5. The number of carbonyl (C=O) groups is 2. The van der Waals surface area contributed by atoms with E-state index in [9.17, 15) is 37.4 Å². The molecule has 7 nitrogen and oxygen atoms in total. The van der Waals surface area contributed by atoms with E-state index in [1.807, 2.05) is 39.8 Å². The van der Waals surface area contributed by atoms with Crippen LogP contribution in [-0.4, -0.2) is 57.6 Å². The highest BCUT2D eigenvalue weighted by atomic mass is 35.5. The Morgan fingerprint density at radius 3 is 2.46 bits per heavy atom. The second-order valence-corrected chi connectivity index (χ2v) is 15.8. The van der Waals surface area contributed by atoms with Gasteiger partial charge in [-0.2, -0.15) is 0 Å². The monoisotopic (exact) mass is 772 g/mol. The fraction of sp³-hybridized carbons (Fsp3) is 0.476. The number of alkyl halides is 3. The molecule has 2 bridgehead atoms. The van der Waals surface area contributed by atoms with Crippen LogP contribution in [0.5, 0.6) is 5.75 Å². The molecule has 0 aliphatic heterocycles. The average molecular weight is 773 g/mol. The lowest BCUT2D eigenvalue weighted by atomic mass is 9.64. The van der Waals surface area contributed by atoms with E-state index in [-0.39, 0.29) is 60.0 Å². The van der Waals surface area contributed by atoms with Gasteiger partial charge in [0.2, 0.25) is 0 Å². The van der Waals surface area contributed by atoms with E-state index in [0.29, 0.717) is 55.2 Å². The van der Waals surface area contributed by atoms with Gasteiger partial charge in [0, 0.05) is 40.6 Å². The summed E-state index contributed by atoms with van der Waals surface area (Å²) in [5.74, 6) is -1.68. The largest absolute Gasteiger partial charge is 0.573 e. The quantitative estimate of drug-likeness (QED) is 0.114. The first kappa shape index (κ1) is 41.2. The van der Waals surface area contributed by atoms with Crippen molar-refractivity contribution in [2.24, 2.45) is 5.41 Å². The highest BCUT2D eigenvalue weighted by Gasteiger charge is 2.57. The molecule has 0 radical (unpaired) electrons. The zero-order valence-electron chi connectivity index (χ0n) is 31.1. The van der Waals surface area contributed by atoms with Crippen molar-refractivity contribution in [3.8, 4) is 5.75 Å². The number of Topliss-reactive ketones (excluding diaryl/α,β-unsaturated/α-hetero) is 1. The number of urea groups is 1. The molecule has 3 aliphatic rings. The number of allylic oxidation sites excluding steroid dienone is 2. The first-order chi connectivity index (χ1) is 25.4. The van der Waals surface area contributed by atoms with Crippen LogP contribution in [0.3, 0.4) is 0 Å². The molecular weight excluding hydrogens is 724 g/mol. The number of hydrogen-bond acceptors (Lipinski definition) is 5. The van der Waals surface area contributed by atoms with Gasteiger partial charge in [0.15, 0.2) is 5.78 Å². The number of carbonyl (C=O) groups excluding carboxylic acids is 2. The number of benzene rings is 3. The molecule has 12 heteroatoms. The van der Waals surface area contributed by atoms with Crippen LogP contribution in [0.15, 0.2) is 72.3 Å². The van der Waals surface area contributed by atoms with Crippen LogP contribution in [0, 0.1) is 11.2 Å². The molecule has 6 rings (SSSR count). The average Bonchev–Trinajstić information content (AvgIpc) is 3.33. The van der Waals surface area contributed by atoms with Crippen molar-refractivity contribution in [2.45, 2.75) is 116 Å². The van der Waals surface area contributed by atoms with E-state index in [2.05, 4.69) is 16.1 Å². The normalized spacial score (nSPS) is 23.4. The lowest BCUT2D eigenvalue weighted by Crippen LogP contribution is -2.55. The van der Waals surface area contributed by atoms with E-state index in [0.717, 1.165) is 11.1 Å². The Kier molecular flexibility index (Phi) is 12.9. The summed E-state index contributed by atoms with van der Waals surface area (Å²) in [6.07, 6.45) is -0.310. The van der Waals surface area contributed by atoms with Gasteiger partial charge in [-0.25, -0.2) is 9.18 Å². The SMILES string of the molecule is CC1=CCCC2(C)C(CCC2(O)CN(Cc2ccc(OC(F)(F)F)cc2)C(=O)NC(C)C)c2ccc(cc2C(=O)Cc2c(F)cccc2Cl)CC(O)CC1. The topological polar surface area (TPSA) is 99.1 Å². The number of amides is 2. The number of rotatable bonds is 9. The van der Waals surface area contributed by atoms with Gasteiger partial charge in [0.05, 0.1) is 18.2 Å². The smallest absolute Gasteiger partial charge is 0.406 e. The van der Waals surface area contributed by atoms with E-state index in [1.54, 1.807) is 6.07 Å². The lowest BCUT2D eigenvalue weighted by molar-refractivity contribution is -0.274. The molecule has 292 valence electrons.